The van der Waals surface area contributed by atoms with Crippen LogP contribution in [0.15, 0.2) is 54.7 Å². The molecular formula is C20H19ClN4O2. The number of nitrogens with zero attached hydrogens (tertiary/aromatic N) is 2. The van der Waals surface area contributed by atoms with E-state index in [0.29, 0.717) is 34.6 Å². The van der Waals surface area contributed by atoms with Gasteiger partial charge in [0, 0.05) is 16.9 Å². The van der Waals surface area contributed by atoms with Gasteiger partial charge in [-0.2, -0.15) is 4.98 Å². The zero-order chi connectivity index (χ0) is 19.2. The molecule has 0 spiro atoms. The molecule has 0 saturated carbocycles. The molecule has 2 aromatic carbocycles. The molecule has 0 saturated heterocycles. The Labute approximate surface area is 162 Å². The van der Waals surface area contributed by atoms with E-state index in [1.54, 1.807) is 37.4 Å². The third-order valence-corrected chi connectivity index (χ3v) is 4.02. The van der Waals surface area contributed by atoms with Gasteiger partial charge >= 0.3 is 5.97 Å². The quantitative estimate of drug-likeness (QED) is 0.577. The highest BCUT2D eigenvalue weighted by molar-refractivity contribution is 6.30. The number of hydrogen-bond acceptors (Lipinski definition) is 6. The number of rotatable bonds is 6. The second kappa shape index (κ2) is 8.51. The van der Waals surface area contributed by atoms with Gasteiger partial charge in [-0.3, -0.25) is 0 Å². The van der Waals surface area contributed by atoms with Gasteiger partial charge in [0.15, 0.2) is 0 Å². The molecule has 0 aliphatic heterocycles. The number of hydrogen-bond donors (Lipinski definition) is 2. The number of carbonyl (C=O) groups is 1. The Hall–Kier alpha value is -3.12. The molecule has 0 fully saturated rings. The second-order valence-corrected chi connectivity index (χ2v) is 6.18. The molecule has 0 bridgehead atoms. The first-order valence-corrected chi connectivity index (χ1v) is 8.84. The van der Waals surface area contributed by atoms with E-state index in [2.05, 4.69) is 20.6 Å². The summed E-state index contributed by atoms with van der Waals surface area (Å²) >= 11 is 6.06. The van der Waals surface area contributed by atoms with Gasteiger partial charge in [0.1, 0.15) is 5.82 Å². The molecule has 27 heavy (non-hydrogen) atoms. The maximum atomic E-state index is 12.1. The van der Waals surface area contributed by atoms with E-state index >= 15 is 0 Å². The third-order valence-electron chi connectivity index (χ3n) is 3.79. The fourth-order valence-corrected chi connectivity index (χ4v) is 2.63. The Kier molecular flexibility index (Phi) is 5.88. The lowest BCUT2D eigenvalue weighted by Gasteiger charge is -2.12. The van der Waals surface area contributed by atoms with Crippen molar-refractivity contribution in [2.24, 2.45) is 0 Å². The fourth-order valence-electron chi connectivity index (χ4n) is 2.45. The molecule has 1 heterocycles. The van der Waals surface area contributed by atoms with Crippen molar-refractivity contribution in [2.75, 3.05) is 17.2 Å². The number of halogens is 1. The Morgan fingerprint density at radius 1 is 1.11 bits per heavy atom. The summed E-state index contributed by atoms with van der Waals surface area (Å²) in [5.74, 6) is 0.575. The van der Waals surface area contributed by atoms with Crippen molar-refractivity contribution in [3.05, 3.63) is 70.9 Å². The van der Waals surface area contributed by atoms with Crippen LogP contribution in [0, 0.1) is 6.92 Å². The van der Waals surface area contributed by atoms with Crippen LogP contribution in [0.2, 0.25) is 5.02 Å². The van der Waals surface area contributed by atoms with Crippen LogP contribution in [-0.4, -0.2) is 22.5 Å². The van der Waals surface area contributed by atoms with Crippen LogP contribution >= 0.6 is 11.6 Å². The number of para-hydroxylation sites is 1. The van der Waals surface area contributed by atoms with Crippen molar-refractivity contribution < 1.29 is 9.53 Å². The number of aromatic nitrogens is 2. The summed E-state index contributed by atoms with van der Waals surface area (Å²) in [6.45, 7) is 4.05. The first-order chi connectivity index (χ1) is 13.1. The number of benzene rings is 2. The van der Waals surface area contributed by atoms with E-state index in [9.17, 15) is 4.79 Å². The number of nitrogens with one attached hydrogen (secondary N) is 2. The van der Waals surface area contributed by atoms with Gasteiger partial charge in [0.2, 0.25) is 5.95 Å². The second-order valence-electron chi connectivity index (χ2n) is 5.74. The first-order valence-electron chi connectivity index (χ1n) is 8.46. The average molecular weight is 383 g/mol. The summed E-state index contributed by atoms with van der Waals surface area (Å²) in [6.07, 6.45) is 1.63. The summed E-state index contributed by atoms with van der Waals surface area (Å²) in [4.78, 5) is 20.8. The van der Waals surface area contributed by atoms with E-state index in [0.717, 1.165) is 11.3 Å². The highest BCUT2D eigenvalue weighted by Crippen LogP contribution is 2.24. The van der Waals surface area contributed by atoms with Crippen LogP contribution in [0.1, 0.15) is 22.8 Å². The minimum Gasteiger partial charge on any atom is -0.462 e. The molecule has 0 aliphatic carbocycles. The van der Waals surface area contributed by atoms with Crippen LogP contribution in [0.4, 0.5) is 23.1 Å². The minimum atomic E-state index is -0.387. The van der Waals surface area contributed by atoms with Crippen molar-refractivity contribution in [1.82, 2.24) is 9.97 Å². The molecule has 0 atom stereocenters. The van der Waals surface area contributed by atoms with Crippen molar-refractivity contribution >= 4 is 40.7 Å². The van der Waals surface area contributed by atoms with Gasteiger partial charge in [-0.05, 0) is 49.7 Å². The largest absolute Gasteiger partial charge is 0.462 e. The molecule has 0 unspecified atom stereocenters. The molecule has 6 nitrogen and oxygen atoms in total. The molecule has 0 amide bonds. The van der Waals surface area contributed by atoms with Gasteiger partial charge in [-0.1, -0.05) is 29.8 Å². The number of ether oxygens (including phenoxy) is 1. The highest BCUT2D eigenvalue weighted by atomic mass is 35.5. The zero-order valence-corrected chi connectivity index (χ0v) is 15.7. The van der Waals surface area contributed by atoms with E-state index in [4.69, 9.17) is 16.3 Å². The van der Waals surface area contributed by atoms with Crippen LogP contribution in [0.5, 0.6) is 0 Å². The maximum absolute atomic E-state index is 12.1. The lowest BCUT2D eigenvalue weighted by Crippen LogP contribution is -2.08. The van der Waals surface area contributed by atoms with E-state index in [1.165, 1.54) is 0 Å². The predicted molar refractivity (Wildman–Crippen MR) is 107 cm³/mol. The summed E-state index contributed by atoms with van der Waals surface area (Å²) in [6, 6.07) is 14.4. The molecule has 0 aliphatic rings. The molecule has 0 radical (unpaired) electrons. The Balaban J connectivity index is 1.83. The number of aryl methyl sites for hydroxylation is 1. The first kappa shape index (κ1) is 18.7. The lowest BCUT2D eigenvalue weighted by molar-refractivity contribution is 0.0527. The third kappa shape index (κ3) is 4.74. The standard InChI is InChI=1S/C20H19ClN4O2/c1-3-27-19(26)15-6-4-5-7-16(15)23-18-10-11-22-20(25-18)24-17-12-14(21)9-8-13(17)2/h4-12H,3H2,1-2H3,(H2,22,23,24,25). The molecule has 1 aromatic heterocycles. The Morgan fingerprint density at radius 3 is 2.74 bits per heavy atom. The highest BCUT2D eigenvalue weighted by Gasteiger charge is 2.12. The predicted octanol–water partition coefficient (Wildman–Crippen LogP) is 5.10. The van der Waals surface area contributed by atoms with Gasteiger partial charge in [0.05, 0.1) is 17.9 Å². The van der Waals surface area contributed by atoms with Crippen molar-refractivity contribution in [1.29, 1.82) is 0 Å². The van der Waals surface area contributed by atoms with Gasteiger partial charge < -0.3 is 15.4 Å². The SMILES string of the molecule is CCOC(=O)c1ccccc1Nc1ccnc(Nc2cc(Cl)ccc2C)n1. The number of esters is 1. The van der Waals surface area contributed by atoms with Crippen LogP contribution in [0.25, 0.3) is 0 Å². The molecule has 2 N–H and O–H groups in total. The Morgan fingerprint density at radius 2 is 1.93 bits per heavy atom. The van der Waals surface area contributed by atoms with Crippen molar-refractivity contribution in [3.63, 3.8) is 0 Å². The summed E-state index contributed by atoms with van der Waals surface area (Å²) in [7, 11) is 0. The average Bonchev–Trinajstić information content (AvgIpc) is 2.66. The van der Waals surface area contributed by atoms with Crippen molar-refractivity contribution in [3.8, 4) is 0 Å². The molecule has 138 valence electrons. The Bertz CT molecular complexity index is 962. The fraction of sp³-hybridized carbons (Fsp3) is 0.150. The minimum absolute atomic E-state index is 0.313. The molecule has 7 heteroatoms. The van der Waals surface area contributed by atoms with Gasteiger partial charge in [-0.15, -0.1) is 0 Å². The van der Waals surface area contributed by atoms with Gasteiger partial charge in [0.25, 0.3) is 0 Å². The number of carbonyl (C=O) groups excluding carboxylic acids is 1. The van der Waals surface area contributed by atoms with Crippen LogP contribution < -0.4 is 10.6 Å². The normalized spacial score (nSPS) is 10.3. The summed E-state index contributed by atoms with van der Waals surface area (Å²) in [5.41, 5.74) is 2.90. The van der Waals surface area contributed by atoms with Crippen molar-refractivity contribution in [2.45, 2.75) is 13.8 Å². The molecule has 3 rings (SSSR count). The van der Waals surface area contributed by atoms with Crippen LogP contribution in [-0.2, 0) is 4.74 Å². The summed E-state index contributed by atoms with van der Waals surface area (Å²) in [5, 5.41) is 6.93. The van der Waals surface area contributed by atoms with Crippen LogP contribution in [0.3, 0.4) is 0 Å². The smallest absolute Gasteiger partial charge is 0.340 e. The number of anilines is 4. The van der Waals surface area contributed by atoms with E-state index in [-0.39, 0.29) is 5.97 Å². The zero-order valence-electron chi connectivity index (χ0n) is 15.0. The topological polar surface area (TPSA) is 76.1 Å². The molecule has 3 aromatic rings. The van der Waals surface area contributed by atoms with E-state index in [1.807, 2.05) is 31.2 Å². The summed E-state index contributed by atoms with van der Waals surface area (Å²) < 4.78 is 5.10. The lowest BCUT2D eigenvalue weighted by atomic mass is 10.2. The van der Waals surface area contributed by atoms with Gasteiger partial charge in [-0.25, -0.2) is 9.78 Å². The molecular weight excluding hydrogens is 364 g/mol. The monoisotopic (exact) mass is 382 g/mol. The maximum Gasteiger partial charge on any atom is 0.340 e. The van der Waals surface area contributed by atoms with E-state index < -0.39 is 0 Å².